The van der Waals surface area contributed by atoms with Crippen molar-refractivity contribution in [3.8, 4) is 40.4 Å². The van der Waals surface area contributed by atoms with Gasteiger partial charge in [0, 0.05) is 18.5 Å². The van der Waals surface area contributed by atoms with Crippen molar-refractivity contribution in [2.45, 2.75) is 0 Å². The van der Waals surface area contributed by atoms with Crippen molar-refractivity contribution >= 4 is 21.9 Å². The Balaban J connectivity index is 1.84. The molecule has 0 aliphatic carbocycles. The van der Waals surface area contributed by atoms with Crippen molar-refractivity contribution < 1.29 is 14.2 Å². The number of benzene rings is 2. The van der Waals surface area contributed by atoms with Crippen molar-refractivity contribution in [3.05, 3.63) is 66.5 Å². The lowest BCUT2D eigenvalue weighted by Crippen LogP contribution is -2.22. The third-order valence-electron chi connectivity index (χ3n) is 5.96. The third kappa shape index (κ3) is 3.61. The normalized spacial score (nSPS) is 11.6. The topological polar surface area (TPSA) is 99.5 Å². The summed E-state index contributed by atoms with van der Waals surface area (Å²) in [6.07, 6.45) is 5.40. The molecule has 0 saturated carbocycles. The summed E-state index contributed by atoms with van der Waals surface area (Å²) >= 11 is 0. The van der Waals surface area contributed by atoms with Gasteiger partial charge in [0.25, 0.3) is 0 Å². The fraction of sp³-hybridized carbons (Fsp3) is 0.154. The second kappa shape index (κ2) is 8.83. The highest BCUT2D eigenvalue weighted by atomic mass is 16.5. The Kier molecular flexibility index (Phi) is 5.55. The first-order chi connectivity index (χ1) is 17.1. The molecular weight excluding hydrogens is 444 g/mol. The molecular formula is C26H22N6O3. The van der Waals surface area contributed by atoms with Crippen LogP contribution in [0.1, 0.15) is 0 Å². The SMILES string of the molecule is COc1ccc(-n2/c(=N\C#N)n(C)c3cnc4ccc(-c5ccc(OC)c(OC)c5)cc4c32)cn1. The number of hydrogen-bond acceptors (Lipinski definition) is 7. The predicted octanol–water partition coefficient (Wildman–Crippen LogP) is 3.99. The van der Waals surface area contributed by atoms with Crippen LogP contribution < -0.4 is 19.8 Å². The molecule has 0 N–H and O–H groups in total. The van der Waals surface area contributed by atoms with E-state index in [2.05, 4.69) is 21.0 Å². The van der Waals surface area contributed by atoms with Crippen molar-refractivity contribution in [1.82, 2.24) is 19.1 Å². The van der Waals surface area contributed by atoms with E-state index in [1.807, 2.05) is 58.8 Å². The number of aromatic nitrogens is 4. The van der Waals surface area contributed by atoms with Crippen LogP contribution >= 0.6 is 0 Å². The van der Waals surface area contributed by atoms with E-state index in [1.165, 1.54) is 0 Å². The highest BCUT2D eigenvalue weighted by Gasteiger charge is 2.17. The van der Waals surface area contributed by atoms with Crippen LogP contribution in [0, 0.1) is 11.5 Å². The van der Waals surface area contributed by atoms with E-state index in [0.29, 0.717) is 23.0 Å². The highest BCUT2D eigenvalue weighted by Crippen LogP contribution is 2.34. The number of ether oxygens (including phenoxy) is 3. The van der Waals surface area contributed by atoms with E-state index < -0.39 is 0 Å². The summed E-state index contributed by atoms with van der Waals surface area (Å²) < 4.78 is 19.8. The van der Waals surface area contributed by atoms with Gasteiger partial charge in [-0.1, -0.05) is 12.1 Å². The molecule has 3 aromatic heterocycles. The second-order valence-electron chi connectivity index (χ2n) is 7.76. The molecule has 9 heteroatoms. The summed E-state index contributed by atoms with van der Waals surface area (Å²) in [7, 11) is 6.66. The number of hydrogen-bond donors (Lipinski definition) is 0. The quantitative estimate of drug-likeness (QED) is 0.363. The molecule has 0 amide bonds. The first-order valence-corrected chi connectivity index (χ1v) is 10.8. The molecule has 3 heterocycles. The van der Waals surface area contributed by atoms with Gasteiger partial charge in [-0.2, -0.15) is 5.26 Å². The molecule has 35 heavy (non-hydrogen) atoms. The molecule has 5 aromatic rings. The van der Waals surface area contributed by atoms with E-state index in [4.69, 9.17) is 14.2 Å². The number of fused-ring (bicyclic) bond motifs is 3. The Hall–Kier alpha value is -4.84. The second-order valence-corrected chi connectivity index (χ2v) is 7.76. The van der Waals surface area contributed by atoms with Crippen LogP contribution in [-0.2, 0) is 7.05 Å². The van der Waals surface area contributed by atoms with Crippen LogP contribution in [0.4, 0.5) is 0 Å². The molecule has 0 fully saturated rings. The molecule has 0 aliphatic heterocycles. The maximum atomic E-state index is 9.40. The van der Waals surface area contributed by atoms with Crippen molar-refractivity contribution in [3.63, 3.8) is 0 Å². The Morgan fingerprint density at radius 1 is 0.857 bits per heavy atom. The monoisotopic (exact) mass is 466 g/mol. The predicted molar refractivity (Wildman–Crippen MR) is 132 cm³/mol. The van der Waals surface area contributed by atoms with Gasteiger partial charge in [0.2, 0.25) is 17.7 Å². The molecule has 9 nitrogen and oxygen atoms in total. The van der Waals surface area contributed by atoms with Gasteiger partial charge in [0.15, 0.2) is 11.5 Å². The third-order valence-corrected chi connectivity index (χ3v) is 5.96. The zero-order chi connectivity index (χ0) is 24.5. The van der Waals surface area contributed by atoms with E-state index >= 15 is 0 Å². The van der Waals surface area contributed by atoms with Crippen LogP contribution in [0.2, 0.25) is 0 Å². The number of imidazole rings is 1. The molecule has 0 aliphatic rings. The van der Waals surface area contributed by atoms with Crippen LogP contribution in [0.15, 0.2) is 65.9 Å². The Bertz CT molecular complexity index is 1680. The lowest BCUT2D eigenvalue weighted by Gasteiger charge is -2.11. The van der Waals surface area contributed by atoms with Gasteiger partial charge in [0.1, 0.15) is 0 Å². The van der Waals surface area contributed by atoms with Crippen molar-refractivity contribution in [2.75, 3.05) is 21.3 Å². The standard InChI is InChI=1S/C26H22N6O3/c1-31-21-14-28-20-8-5-16(17-6-9-22(33-2)23(12-17)34-3)11-19(20)25(21)32(26(31)30-15-27)18-7-10-24(35-4)29-13-18/h5-14H,1-4H3/b30-26-. The fourth-order valence-corrected chi connectivity index (χ4v) is 4.24. The fourth-order valence-electron chi connectivity index (χ4n) is 4.24. The molecule has 0 radical (unpaired) electrons. The molecule has 0 unspecified atom stereocenters. The van der Waals surface area contributed by atoms with Crippen molar-refractivity contribution in [1.29, 1.82) is 5.26 Å². The number of aryl methyl sites for hydroxylation is 1. The summed E-state index contributed by atoms with van der Waals surface area (Å²) in [5.41, 5.74) is 5.65. The first-order valence-electron chi connectivity index (χ1n) is 10.8. The largest absolute Gasteiger partial charge is 0.493 e. The average Bonchev–Trinajstić information content (AvgIpc) is 3.19. The molecule has 2 aromatic carbocycles. The van der Waals surface area contributed by atoms with Gasteiger partial charge in [0.05, 0.1) is 56.0 Å². The van der Waals surface area contributed by atoms with Gasteiger partial charge in [-0.15, -0.1) is 4.99 Å². The van der Waals surface area contributed by atoms with Crippen molar-refractivity contribution in [2.24, 2.45) is 12.0 Å². The highest BCUT2D eigenvalue weighted by molar-refractivity contribution is 6.04. The van der Waals surface area contributed by atoms with Gasteiger partial charge in [-0.25, -0.2) is 4.98 Å². The van der Waals surface area contributed by atoms with E-state index in [-0.39, 0.29) is 0 Å². The van der Waals surface area contributed by atoms with Gasteiger partial charge < -0.3 is 18.8 Å². The number of rotatable bonds is 5. The summed E-state index contributed by atoms with van der Waals surface area (Å²) in [4.78, 5) is 13.1. The number of methoxy groups -OCH3 is 3. The average molecular weight is 467 g/mol. The van der Waals surface area contributed by atoms with Crippen LogP contribution in [0.3, 0.4) is 0 Å². The number of nitrogens with zero attached hydrogens (tertiary/aromatic N) is 6. The van der Waals surface area contributed by atoms with Gasteiger partial charge >= 0.3 is 0 Å². The molecule has 0 saturated heterocycles. The maximum absolute atomic E-state index is 9.40. The minimum absolute atomic E-state index is 0.459. The lowest BCUT2D eigenvalue weighted by molar-refractivity contribution is 0.355. The van der Waals surface area contributed by atoms with E-state index in [9.17, 15) is 5.26 Å². The minimum Gasteiger partial charge on any atom is -0.493 e. The zero-order valence-electron chi connectivity index (χ0n) is 19.7. The van der Waals surface area contributed by atoms with Gasteiger partial charge in [-0.05, 0) is 41.5 Å². The zero-order valence-corrected chi connectivity index (χ0v) is 19.7. The number of pyridine rings is 2. The van der Waals surface area contributed by atoms with Gasteiger partial charge in [-0.3, -0.25) is 9.55 Å². The first kappa shape index (κ1) is 22.0. The molecule has 174 valence electrons. The smallest absolute Gasteiger partial charge is 0.226 e. The van der Waals surface area contributed by atoms with E-state index in [0.717, 1.165) is 38.8 Å². The Morgan fingerprint density at radius 2 is 1.63 bits per heavy atom. The summed E-state index contributed by atoms with van der Waals surface area (Å²) in [5, 5.41) is 10.3. The van der Waals surface area contributed by atoms with E-state index in [1.54, 1.807) is 39.8 Å². The summed E-state index contributed by atoms with van der Waals surface area (Å²) in [6, 6.07) is 15.5. The summed E-state index contributed by atoms with van der Waals surface area (Å²) in [6.45, 7) is 0. The summed E-state index contributed by atoms with van der Waals surface area (Å²) in [5.74, 6) is 1.81. The molecule has 0 spiro atoms. The molecule has 0 bridgehead atoms. The lowest BCUT2D eigenvalue weighted by atomic mass is 10.0. The number of nitriles is 1. The molecule has 0 atom stereocenters. The maximum Gasteiger partial charge on any atom is 0.226 e. The van der Waals surface area contributed by atoms with Crippen LogP contribution in [0.5, 0.6) is 17.4 Å². The minimum atomic E-state index is 0.459. The van der Waals surface area contributed by atoms with Crippen LogP contribution in [-0.4, -0.2) is 40.4 Å². The molecule has 5 rings (SSSR count). The van der Waals surface area contributed by atoms with Crippen LogP contribution in [0.25, 0.3) is 38.8 Å². The Morgan fingerprint density at radius 3 is 2.31 bits per heavy atom. The Labute approximate surface area is 201 Å².